The summed E-state index contributed by atoms with van der Waals surface area (Å²) in [4.78, 5) is 67.0. The number of amides is 1. The number of pyridine rings is 1. The first-order chi connectivity index (χ1) is 26.6. The number of halogens is 1. The molecule has 11 nitrogen and oxygen atoms in total. The zero-order valence-corrected chi connectivity index (χ0v) is 34.8. The zero-order chi connectivity index (χ0) is 40.3. The maximum absolute atomic E-state index is 14.8. The molecule has 3 heterocycles. The number of nitrogens with zero attached hydrogens (tertiary/aromatic N) is 3. The van der Waals surface area contributed by atoms with E-state index in [0.29, 0.717) is 56.4 Å². The minimum atomic E-state index is -1.02. The highest BCUT2D eigenvalue weighted by Gasteiger charge is 2.61. The second kappa shape index (κ2) is 15.4. The highest BCUT2D eigenvalue weighted by molar-refractivity contribution is 7.13. The molecule has 7 rings (SSSR count). The van der Waals surface area contributed by atoms with Gasteiger partial charge in [0.2, 0.25) is 5.91 Å². The molecule has 1 aromatic carbocycles. The molecule has 1 amide bonds. The fraction of sp³-hybridized carbons (Fsp3) is 0.581. The number of methoxy groups -OCH3 is 2. The number of benzene rings is 1. The number of allylic oxidation sites excluding steroid dienone is 1. The van der Waals surface area contributed by atoms with Gasteiger partial charge in [0.1, 0.15) is 39.4 Å². The second-order valence-corrected chi connectivity index (χ2v) is 18.7. The number of likely N-dealkylation sites (tertiary alicyclic amines) is 1. The number of carbonyl (C=O) groups is 4. The van der Waals surface area contributed by atoms with Crippen molar-refractivity contribution in [1.29, 1.82) is 0 Å². The predicted octanol–water partition coefficient (Wildman–Crippen LogP) is 8.21. The van der Waals surface area contributed by atoms with Gasteiger partial charge >= 0.3 is 11.9 Å². The van der Waals surface area contributed by atoms with Gasteiger partial charge in [-0.1, -0.05) is 52.3 Å². The van der Waals surface area contributed by atoms with E-state index in [-0.39, 0.29) is 55.4 Å². The first-order valence-corrected chi connectivity index (χ1v) is 20.9. The number of esters is 2. The number of Topliss-reactive ketones (excluding diaryl/α,β-unsaturated/α-hetero) is 1. The lowest BCUT2D eigenvalue weighted by Gasteiger charge is -2.35. The van der Waals surface area contributed by atoms with E-state index < -0.39 is 40.8 Å². The molecule has 8 atom stereocenters. The van der Waals surface area contributed by atoms with Crippen LogP contribution >= 0.6 is 22.9 Å². The average Bonchev–Trinajstić information content (AvgIpc) is 3.79. The van der Waals surface area contributed by atoms with Crippen LogP contribution in [0.3, 0.4) is 0 Å². The number of fused-ring (bicyclic) bond motifs is 2. The molecule has 4 aliphatic rings. The summed E-state index contributed by atoms with van der Waals surface area (Å²) in [7, 11) is 2.85. The minimum Gasteiger partial charge on any atom is -0.495 e. The quantitative estimate of drug-likeness (QED) is 0.116. The summed E-state index contributed by atoms with van der Waals surface area (Å²) in [5.74, 6) is -0.00613. The van der Waals surface area contributed by atoms with E-state index in [1.54, 1.807) is 17.0 Å². The molecule has 0 radical (unpaired) electrons. The second-order valence-electron chi connectivity index (χ2n) is 17.5. The molecule has 0 spiro atoms. The van der Waals surface area contributed by atoms with Gasteiger partial charge in [-0.3, -0.25) is 19.2 Å². The Morgan fingerprint density at radius 1 is 1.05 bits per heavy atom. The van der Waals surface area contributed by atoms with Crippen LogP contribution in [0.5, 0.6) is 11.5 Å². The summed E-state index contributed by atoms with van der Waals surface area (Å²) in [6.45, 7) is 13.9. The Bertz CT molecular complexity index is 2050. The third-order valence-electron chi connectivity index (χ3n) is 12.3. The lowest BCUT2D eigenvalue weighted by Crippen LogP contribution is -2.48. The standard InChI is InChI=1S/C43H52ClN3O8S/c1-9-25-18-43(25,41(51)53-8)19-33(48)32-15-27(20-47(32)40(50)29(42(4,5)6)16-36(49)55-26-13-23-12-24(23)14-26)54-35-17-30(39-46-31(21-56-39)22(2)3)45-38-28(35)10-11-34(52-7)37(38)44/h9-11,17,21-27,29,32H,1,12-16,18-20H2,2-8H3/t23-,24+,25-,26?,27-,29?,32+,43-/m1/s1. The van der Waals surface area contributed by atoms with Gasteiger partial charge in [-0.25, -0.2) is 9.97 Å². The van der Waals surface area contributed by atoms with Crippen LogP contribution < -0.4 is 9.47 Å². The van der Waals surface area contributed by atoms with Gasteiger partial charge in [0, 0.05) is 29.7 Å². The van der Waals surface area contributed by atoms with Crippen molar-refractivity contribution in [3.63, 3.8) is 0 Å². The van der Waals surface area contributed by atoms with Crippen molar-refractivity contribution < 1.29 is 38.1 Å². The molecule has 4 fully saturated rings. The van der Waals surface area contributed by atoms with E-state index in [1.165, 1.54) is 32.0 Å². The van der Waals surface area contributed by atoms with Crippen LogP contribution in [0.4, 0.5) is 0 Å². The zero-order valence-electron chi connectivity index (χ0n) is 33.3. The van der Waals surface area contributed by atoms with E-state index in [4.69, 9.17) is 40.5 Å². The molecular formula is C43H52ClN3O8S. The minimum absolute atomic E-state index is 0.0801. The van der Waals surface area contributed by atoms with Crippen molar-refractivity contribution in [3.05, 3.63) is 47.0 Å². The number of aromatic nitrogens is 2. The molecule has 300 valence electrons. The Labute approximate surface area is 337 Å². The SMILES string of the molecule is C=C[C@@H]1C[C@]1(CC(=O)[C@@H]1C[C@@H](Oc2cc(-c3nc(C(C)C)cs3)nc3c(Cl)c(OC)ccc23)CN1C(=O)C(CC(=O)OC1C[C@@H]2C[C@@H]2C1)C(C)(C)C)C(=O)OC. The van der Waals surface area contributed by atoms with Crippen molar-refractivity contribution >= 4 is 57.5 Å². The normalized spacial score (nSPS) is 27.1. The van der Waals surface area contributed by atoms with Crippen LogP contribution in [0.25, 0.3) is 21.6 Å². The number of hydrogen-bond donors (Lipinski definition) is 0. The first kappa shape index (κ1) is 40.2. The third-order valence-corrected chi connectivity index (χ3v) is 13.6. The number of ether oxygens (including phenoxy) is 4. The Morgan fingerprint density at radius 2 is 1.79 bits per heavy atom. The molecule has 1 aliphatic heterocycles. The molecule has 3 aliphatic carbocycles. The number of ketones is 1. The lowest BCUT2D eigenvalue weighted by atomic mass is 9.77. The summed E-state index contributed by atoms with van der Waals surface area (Å²) in [5, 5.41) is 3.65. The fourth-order valence-electron chi connectivity index (χ4n) is 8.76. The van der Waals surface area contributed by atoms with Crippen LogP contribution in [0.2, 0.25) is 5.02 Å². The molecule has 2 aromatic heterocycles. The number of hydrogen-bond acceptors (Lipinski definition) is 11. The van der Waals surface area contributed by atoms with Crippen LogP contribution in [-0.4, -0.2) is 77.5 Å². The monoisotopic (exact) mass is 805 g/mol. The van der Waals surface area contributed by atoms with Crippen molar-refractivity contribution in [2.24, 2.45) is 34.5 Å². The van der Waals surface area contributed by atoms with E-state index in [1.807, 2.05) is 38.3 Å². The summed E-state index contributed by atoms with van der Waals surface area (Å²) in [6, 6.07) is 4.48. The van der Waals surface area contributed by atoms with Crippen LogP contribution in [0, 0.1) is 34.5 Å². The molecule has 0 bridgehead atoms. The molecule has 56 heavy (non-hydrogen) atoms. The summed E-state index contributed by atoms with van der Waals surface area (Å²) >= 11 is 8.32. The van der Waals surface area contributed by atoms with E-state index in [9.17, 15) is 19.2 Å². The average molecular weight is 806 g/mol. The molecule has 3 saturated carbocycles. The van der Waals surface area contributed by atoms with Crippen LogP contribution in [0.15, 0.2) is 36.2 Å². The largest absolute Gasteiger partial charge is 0.495 e. The van der Waals surface area contributed by atoms with Gasteiger partial charge in [-0.2, -0.15) is 0 Å². The Balaban J connectivity index is 1.21. The third kappa shape index (κ3) is 7.80. The van der Waals surface area contributed by atoms with Crippen molar-refractivity contribution in [1.82, 2.24) is 14.9 Å². The van der Waals surface area contributed by atoms with Crippen LogP contribution in [-0.2, 0) is 28.7 Å². The van der Waals surface area contributed by atoms with E-state index >= 15 is 0 Å². The topological polar surface area (TPSA) is 134 Å². The fourth-order valence-corrected chi connectivity index (χ4v) is 9.98. The molecule has 13 heteroatoms. The van der Waals surface area contributed by atoms with Gasteiger partial charge in [0.15, 0.2) is 5.78 Å². The smallest absolute Gasteiger partial charge is 0.312 e. The Kier molecular flexibility index (Phi) is 11.0. The van der Waals surface area contributed by atoms with Gasteiger partial charge < -0.3 is 23.8 Å². The lowest BCUT2D eigenvalue weighted by molar-refractivity contribution is -0.157. The number of thiazole rings is 1. The highest BCUT2D eigenvalue weighted by atomic mass is 35.5. The van der Waals surface area contributed by atoms with Gasteiger partial charge in [-0.05, 0) is 66.9 Å². The molecule has 0 N–H and O–H groups in total. The van der Waals surface area contributed by atoms with Gasteiger partial charge in [0.25, 0.3) is 0 Å². The highest BCUT2D eigenvalue weighted by Crippen LogP contribution is 2.57. The van der Waals surface area contributed by atoms with E-state index in [2.05, 4.69) is 20.4 Å². The maximum atomic E-state index is 14.8. The van der Waals surface area contributed by atoms with Gasteiger partial charge in [0.05, 0.1) is 55.8 Å². The van der Waals surface area contributed by atoms with E-state index in [0.717, 1.165) is 18.5 Å². The molecule has 1 saturated heterocycles. The Morgan fingerprint density at radius 3 is 2.39 bits per heavy atom. The molecular weight excluding hydrogens is 754 g/mol. The maximum Gasteiger partial charge on any atom is 0.312 e. The van der Waals surface area contributed by atoms with Crippen molar-refractivity contribution in [2.45, 2.75) is 104 Å². The first-order valence-electron chi connectivity index (χ1n) is 19.6. The van der Waals surface area contributed by atoms with Gasteiger partial charge in [-0.15, -0.1) is 17.9 Å². The summed E-state index contributed by atoms with van der Waals surface area (Å²) < 4.78 is 23.3. The number of carbonyl (C=O) groups excluding carboxylic acids is 4. The summed E-state index contributed by atoms with van der Waals surface area (Å²) in [5.41, 5.74) is 0.313. The predicted molar refractivity (Wildman–Crippen MR) is 214 cm³/mol. The Hall–Kier alpha value is -4.03. The van der Waals surface area contributed by atoms with Crippen molar-refractivity contribution in [2.75, 3.05) is 20.8 Å². The summed E-state index contributed by atoms with van der Waals surface area (Å²) in [6.07, 6.45) is 4.31. The van der Waals surface area contributed by atoms with Crippen molar-refractivity contribution in [3.8, 4) is 22.2 Å². The molecule has 3 aromatic rings. The number of rotatable bonds is 14. The molecule has 2 unspecified atom stereocenters. The van der Waals surface area contributed by atoms with Crippen LogP contribution in [0.1, 0.15) is 91.2 Å².